The van der Waals surface area contributed by atoms with Crippen LogP contribution in [0, 0.1) is 0 Å². The number of likely N-dealkylation sites (N-methyl/N-ethyl adjacent to an activating group) is 1. The van der Waals surface area contributed by atoms with E-state index in [1.807, 2.05) is 37.2 Å². The molecule has 0 fully saturated rings. The molecule has 0 heterocycles. The molecule has 0 spiro atoms. The molecule has 1 aromatic rings. The Morgan fingerprint density at radius 1 is 1.50 bits per heavy atom. The SMILES string of the molecule is CN(C)CC(N)c1c(Cl)cccc1Br. The molecule has 1 aromatic carbocycles. The Morgan fingerprint density at radius 3 is 2.64 bits per heavy atom. The van der Waals surface area contributed by atoms with Crippen molar-refractivity contribution in [3.8, 4) is 0 Å². The van der Waals surface area contributed by atoms with Gasteiger partial charge in [0.15, 0.2) is 0 Å². The molecule has 1 atom stereocenters. The van der Waals surface area contributed by atoms with Crippen molar-refractivity contribution in [2.24, 2.45) is 5.73 Å². The lowest BCUT2D eigenvalue weighted by Crippen LogP contribution is -2.26. The average Bonchev–Trinajstić information content (AvgIpc) is 2.01. The molecule has 0 aliphatic rings. The van der Waals surface area contributed by atoms with Crippen LogP contribution in [-0.2, 0) is 0 Å². The van der Waals surface area contributed by atoms with Gasteiger partial charge >= 0.3 is 0 Å². The minimum Gasteiger partial charge on any atom is -0.323 e. The van der Waals surface area contributed by atoms with Crippen molar-refractivity contribution in [3.63, 3.8) is 0 Å². The Bertz CT molecular complexity index is 295. The van der Waals surface area contributed by atoms with E-state index in [-0.39, 0.29) is 6.04 Å². The number of hydrogen-bond acceptors (Lipinski definition) is 2. The molecule has 4 heteroatoms. The van der Waals surface area contributed by atoms with E-state index < -0.39 is 0 Å². The van der Waals surface area contributed by atoms with Crippen molar-refractivity contribution in [1.82, 2.24) is 4.90 Å². The Balaban J connectivity index is 2.94. The van der Waals surface area contributed by atoms with Crippen LogP contribution in [0.15, 0.2) is 22.7 Å². The molecule has 0 saturated heterocycles. The molecular weight excluding hydrogens is 263 g/mol. The minimum absolute atomic E-state index is 0.0620. The number of halogens is 2. The third-order valence-corrected chi connectivity index (χ3v) is 2.95. The zero-order valence-corrected chi connectivity index (χ0v) is 10.6. The standard InChI is InChI=1S/C10H14BrClN2/c1-14(2)6-9(13)10-7(11)4-3-5-8(10)12/h3-5,9H,6,13H2,1-2H3. The van der Waals surface area contributed by atoms with Gasteiger partial charge in [0, 0.05) is 27.6 Å². The summed E-state index contributed by atoms with van der Waals surface area (Å²) in [5.74, 6) is 0. The average molecular weight is 278 g/mol. The monoisotopic (exact) mass is 276 g/mol. The molecule has 0 amide bonds. The molecule has 0 saturated carbocycles. The van der Waals surface area contributed by atoms with Crippen molar-refractivity contribution in [3.05, 3.63) is 33.3 Å². The number of benzene rings is 1. The molecule has 0 radical (unpaired) electrons. The third-order valence-electron chi connectivity index (χ3n) is 1.93. The van der Waals surface area contributed by atoms with E-state index in [0.717, 1.165) is 16.6 Å². The second-order valence-corrected chi connectivity index (χ2v) is 4.77. The maximum atomic E-state index is 6.08. The van der Waals surface area contributed by atoms with Gasteiger partial charge < -0.3 is 10.6 Å². The lowest BCUT2D eigenvalue weighted by Gasteiger charge is -2.19. The summed E-state index contributed by atoms with van der Waals surface area (Å²) >= 11 is 9.53. The molecule has 2 N–H and O–H groups in total. The van der Waals surface area contributed by atoms with Gasteiger partial charge in [-0.1, -0.05) is 33.6 Å². The Hall–Kier alpha value is -0.0900. The Labute approximate surface area is 98.2 Å². The zero-order chi connectivity index (χ0) is 10.7. The molecule has 2 nitrogen and oxygen atoms in total. The Morgan fingerprint density at radius 2 is 2.14 bits per heavy atom. The first kappa shape index (κ1) is 12.0. The molecule has 0 aliphatic carbocycles. The highest BCUT2D eigenvalue weighted by Gasteiger charge is 2.13. The summed E-state index contributed by atoms with van der Waals surface area (Å²) in [6.45, 7) is 0.780. The van der Waals surface area contributed by atoms with Crippen LogP contribution < -0.4 is 5.73 Å². The fourth-order valence-corrected chi connectivity index (χ4v) is 2.44. The third kappa shape index (κ3) is 2.95. The molecule has 1 rings (SSSR count). The number of nitrogens with zero attached hydrogens (tertiary/aromatic N) is 1. The quantitative estimate of drug-likeness (QED) is 0.920. The van der Waals surface area contributed by atoms with Crippen LogP contribution in [0.25, 0.3) is 0 Å². The summed E-state index contributed by atoms with van der Waals surface area (Å²) in [7, 11) is 3.98. The predicted octanol–water partition coefficient (Wildman–Crippen LogP) is 2.66. The van der Waals surface area contributed by atoms with Crippen LogP contribution in [0.1, 0.15) is 11.6 Å². The largest absolute Gasteiger partial charge is 0.323 e. The lowest BCUT2D eigenvalue weighted by molar-refractivity contribution is 0.376. The van der Waals surface area contributed by atoms with Crippen molar-refractivity contribution >= 4 is 27.5 Å². The molecule has 14 heavy (non-hydrogen) atoms. The van der Waals surface area contributed by atoms with Crippen LogP contribution in [-0.4, -0.2) is 25.5 Å². The van der Waals surface area contributed by atoms with Gasteiger partial charge in [0.05, 0.1) is 0 Å². The van der Waals surface area contributed by atoms with Gasteiger partial charge in [-0.15, -0.1) is 0 Å². The second-order valence-electron chi connectivity index (χ2n) is 3.50. The van der Waals surface area contributed by atoms with Crippen molar-refractivity contribution in [2.45, 2.75) is 6.04 Å². The summed E-state index contributed by atoms with van der Waals surface area (Å²) in [6, 6.07) is 5.65. The van der Waals surface area contributed by atoms with Crippen molar-refractivity contribution < 1.29 is 0 Å². The maximum Gasteiger partial charge on any atom is 0.0465 e. The van der Waals surface area contributed by atoms with Crippen LogP contribution in [0.2, 0.25) is 5.02 Å². The highest BCUT2D eigenvalue weighted by atomic mass is 79.9. The first-order valence-corrected chi connectivity index (χ1v) is 5.53. The number of rotatable bonds is 3. The predicted molar refractivity (Wildman–Crippen MR) is 64.6 cm³/mol. The van der Waals surface area contributed by atoms with Crippen LogP contribution >= 0.6 is 27.5 Å². The van der Waals surface area contributed by atoms with Crippen molar-refractivity contribution in [1.29, 1.82) is 0 Å². The fraction of sp³-hybridized carbons (Fsp3) is 0.400. The number of hydrogen-bond donors (Lipinski definition) is 1. The topological polar surface area (TPSA) is 29.3 Å². The maximum absolute atomic E-state index is 6.08. The van der Waals surface area contributed by atoms with Gasteiger partial charge in [-0.25, -0.2) is 0 Å². The lowest BCUT2D eigenvalue weighted by atomic mass is 10.1. The van der Waals surface area contributed by atoms with E-state index in [0.29, 0.717) is 5.02 Å². The van der Waals surface area contributed by atoms with Gasteiger partial charge in [-0.05, 0) is 26.2 Å². The molecule has 0 aromatic heterocycles. The van der Waals surface area contributed by atoms with E-state index in [4.69, 9.17) is 17.3 Å². The zero-order valence-electron chi connectivity index (χ0n) is 8.30. The van der Waals surface area contributed by atoms with Crippen molar-refractivity contribution in [2.75, 3.05) is 20.6 Å². The Kier molecular flexibility index (Phi) is 4.38. The summed E-state index contributed by atoms with van der Waals surface area (Å²) in [6.07, 6.45) is 0. The highest BCUT2D eigenvalue weighted by Crippen LogP contribution is 2.29. The highest BCUT2D eigenvalue weighted by molar-refractivity contribution is 9.10. The van der Waals surface area contributed by atoms with E-state index >= 15 is 0 Å². The van der Waals surface area contributed by atoms with Gasteiger partial charge in [0.1, 0.15) is 0 Å². The molecule has 0 bridgehead atoms. The molecular formula is C10H14BrClN2. The molecule has 1 unspecified atom stereocenters. The fourth-order valence-electron chi connectivity index (χ4n) is 1.35. The summed E-state index contributed by atoms with van der Waals surface area (Å²) in [4.78, 5) is 2.04. The first-order valence-electron chi connectivity index (χ1n) is 4.36. The van der Waals surface area contributed by atoms with Gasteiger partial charge in [-0.3, -0.25) is 0 Å². The van der Waals surface area contributed by atoms with Gasteiger partial charge in [-0.2, -0.15) is 0 Å². The summed E-state index contributed by atoms with van der Waals surface area (Å²) in [5.41, 5.74) is 7.02. The molecule has 78 valence electrons. The normalized spacial score (nSPS) is 13.3. The molecule has 0 aliphatic heterocycles. The van der Waals surface area contributed by atoms with E-state index in [9.17, 15) is 0 Å². The van der Waals surface area contributed by atoms with Crippen LogP contribution in [0.4, 0.5) is 0 Å². The van der Waals surface area contributed by atoms with Crippen LogP contribution in [0.5, 0.6) is 0 Å². The smallest absolute Gasteiger partial charge is 0.0465 e. The summed E-state index contributed by atoms with van der Waals surface area (Å²) < 4.78 is 0.972. The van der Waals surface area contributed by atoms with Gasteiger partial charge in [0.25, 0.3) is 0 Å². The van der Waals surface area contributed by atoms with E-state index in [1.165, 1.54) is 0 Å². The van der Waals surface area contributed by atoms with Gasteiger partial charge in [0.2, 0.25) is 0 Å². The minimum atomic E-state index is -0.0620. The van der Waals surface area contributed by atoms with E-state index in [1.54, 1.807) is 0 Å². The van der Waals surface area contributed by atoms with E-state index in [2.05, 4.69) is 15.9 Å². The van der Waals surface area contributed by atoms with Crippen LogP contribution in [0.3, 0.4) is 0 Å². The summed E-state index contributed by atoms with van der Waals surface area (Å²) in [5, 5.41) is 0.716. The second kappa shape index (κ2) is 5.12. The number of nitrogens with two attached hydrogens (primary N) is 1. The first-order chi connectivity index (χ1) is 6.52.